The summed E-state index contributed by atoms with van der Waals surface area (Å²) >= 11 is 7.94. The number of thioether (sulfide) groups is 2. The van der Waals surface area contributed by atoms with Crippen molar-refractivity contribution in [3.8, 4) is 0 Å². The molecule has 1 aromatic heterocycles. The second-order valence-corrected chi connectivity index (χ2v) is 8.87. The fraction of sp³-hybridized carbons (Fsp3) is 0.619. The molecule has 34 heavy (non-hydrogen) atoms. The lowest BCUT2D eigenvalue weighted by Gasteiger charge is -2.12. The summed E-state index contributed by atoms with van der Waals surface area (Å²) in [5.74, 6) is -0.115. The first-order chi connectivity index (χ1) is 15.8. The molecule has 0 saturated heterocycles. The molecule has 0 amide bonds. The normalized spacial score (nSPS) is 11.2. The molecule has 0 radical (unpaired) electrons. The van der Waals surface area contributed by atoms with E-state index >= 15 is 0 Å². The average molecular weight is 539 g/mol. The Balaban J connectivity index is 0. The number of aromatic amines is 1. The Hall–Kier alpha value is -2.05. The molecular formula is C21H35ClN4O6S2. The zero-order valence-corrected chi connectivity index (χ0v) is 23.6. The Bertz CT molecular complexity index is 877. The molecule has 1 N–H and O–H groups in total. The number of nitrogens with zero attached hydrogens (tertiary/aromatic N) is 3. The third kappa shape index (κ3) is 15.7. The number of amidine groups is 1. The third-order valence-corrected chi connectivity index (χ3v) is 5.20. The Morgan fingerprint density at radius 3 is 2.12 bits per heavy atom. The van der Waals surface area contributed by atoms with E-state index in [2.05, 4.69) is 32.9 Å². The molecule has 1 atom stereocenters. The number of aromatic nitrogens is 2. The zero-order chi connectivity index (χ0) is 26.8. The quantitative estimate of drug-likeness (QED) is 0.0999. The molecule has 10 nitrogen and oxygen atoms in total. The van der Waals surface area contributed by atoms with Crippen molar-refractivity contribution in [3.05, 3.63) is 21.6 Å². The summed E-state index contributed by atoms with van der Waals surface area (Å²) in [6.07, 6.45) is 3.52. The van der Waals surface area contributed by atoms with E-state index in [1.807, 2.05) is 25.9 Å². The molecule has 1 aromatic rings. The Morgan fingerprint density at radius 1 is 1.18 bits per heavy atom. The van der Waals surface area contributed by atoms with E-state index < -0.39 is 22.7 Å². The van der Waals surface area contributed by atoms with Gasteiger partial charge in [0.25, 0.3) is 5.56 Å². The van der Waals surface area contributed by atoms with Crippen LogP contribution in [0.15, 0.2) is 14.9 Å². The first-order valence-corrected chi connectivity index (χ1v) is 13.1. The summed E-state index contributed by atoms with van der Waals surface area (Å²) < 4.78 is 9.17. The van der Waals surface area contributed by atoms with Gasteiger partial charge in [-0.05, 0) is 58.7 Å². The highest BCUT2D eigenvalue weighted by Crippen LogP contribution is 2.09. The minimum Gasteiger partial charge on any atom is -0.466 e. The van der Waals surface area contributed by atoms with Crippen LogP contribution in [0.1, 0.15) is 50.2 Å². The van der Waals surface area contributed by atoms with E-state index in [9.17, 15) is 19.2 Å². The first-order valence-electron chi connectivity index (χ1n) is 10.2. The van der Waals surface area contributed by atoms with E-state index in [0.717, 1.165) is 5.84 Å². The lowest BCUT2D eigenvalue weighted by Crippen LogP contribution is -2.23. The van der Waals surface area contributed by atoms with Crippen molar-refractivity contribution in [1.82, 2.24) is 14.9 Å². The molecular weight excluding hydrogens is 504 g/mol. The maximum Gasteiger partial charge on any atom is 0.345 e. The number of nitrogens with one attached hydrogen (secondary N) is 1. The number of aliphatic imine (C=N–C) groups is 1. The van der Waals surface area contributed by atoms with Gasteiger partial charge in [0.2, 0.25) is 5.24 Å². The molecule has 1 unspecified atom stereocenters. The molecule has 1 rings (SSSR count). The number of hydrogen-bond acceptors (Lipinski definition) is 10. The second kappa shape index (κ2) is 19.3. The summed E-state index contributed by atoms with van der Waals surface area (Å²) in [5, 5.41) is 0.182. The molecule has 0 saturated carbocycles. The molecule has 0 bridgehead atoms. The highest BCUT2D eigenvalue weighted by molar-refractivity contribution is 7.99. The van der Waals surface area contributed by atoms with Crippen LogP contribution >= 0.6 is 35.1 Å². The molecule has 1 heterocycles. The molecule has 0 aromatic carbocycles. The minimum absolute atomic E-state index is 0.0188. The molecule has 194 valence electrons. The SMILES string of the molecule is CCOC(=O)CC(=O)Cl.CCOC(=O)c1c(C)nc(SC)[nH]c1=O.CSC(C)N=C(C)N(C)C. The Labute approximate surface area is 214 Å². The van der Waals surface area contributed by atoms with Crippen LogP contribution in [-0.2, 0) is 19.1 Å². The van der Waals surface area contributed by atoms with Crippen LogP contribution in [-0.4, -0.2) is 83.1 Å². The number of carbonyl (C=O) groups is 3. The number of esters is 2. The summed E-state index contributed by atoms with van der Waals surface area (Å²) in [6.45, 7) is 9.60. The van der Waals surface area contributed by atoms with Gasteiger partial charge in [-0.25, -0.2) is 9.78 Å². The lowest BCUT2D eigenvalue weighted by atomic mass is 10.2. The number of ether oxygens (including phenoxy) is 2. The number of carbonyl (C=O) groups excluding carboxylic acids is 3. The van der Waals surface area contributed by atoms with Gasteiger partial charge in [0.05, 0.1) is 30.1 Å². The number of aryl methyl sites for hydroxylation is 1. The Kier molecular flexibility index (Phi) is 19.3. The van der Waals surface area contributed by atoms with E-state index in [1.54, 1.807) is 38.8 Å². The van der Waals surface area contributed by atoms with Crippen molar-refractivity contribution in [1.29, 1.82) is 0 Å². The molecule has 0 fully saturated rings. The summed E-state index contributed by atoms with van der Waals surface area (Å²) in [4.78, 5) is 56.2. The highest BCUT2D eigenvalue weighted by atomic mass is 35.5. The third-order valence-electron chi connectivity index (χ3n) is 3.70. The largest absolute Gasteiger partial charge is 0.466 e. The van der Waals surface area contributed by atoms with Crippen LogP contribution in [0.5, 0.6) is 0 Å². The Morgan fingerprint density at radius 2 is 1.74 bits per heavy atom. The van der Waals surface area contributed by atoms with Crippen molar-refractivity contribution in [3.63, 3.8) is 0 Å². The predicted molar refractivity (Wildman–Crippen MR) is 139 cm³/mol. The van der Waals surface area contributed by atoms with E-state index in [0.29, 0.717) is 16.2 Å². The van der Waals surface area contributed by atoms with Crippen molar-refractivity contribution in [2.45, 2.75) is 51.6 Å². The monoisotopic (exact) mass is 538 g/mol. The van der Waals surface area contributed by atoms with Gasteiger partial charge in [0.15, 0.2) is 5.16 Å². The summed E-state index contributed by atoms with van der Waals surface area (Å²) in [7, 11) is 4.01. The molecule has 13 heteroatoms. The number of halogens is 1. The lowest BCUT2D eigenvalue weighted by molar-refractivity contribution is -0.144. The van der Waals surface area contributed by atoms with Gasteiger partial charge in [-0.3, -0.25) is 19.4 Å². The standard InChI is InChI=1S/C9H12N2O3S.C7H16N2S.C5H7ClO3/c1-4-14-8(13)6-5(2)10-9(15-3)11-7(6)12;1-6(9(3)4)8-7(2)10-5;1-2-9-5(8)3-4(6)7/h4H2,1-3H3,(H,10,11,12);7H,1-5H3;2-3H2,1H3. The molecule has 0 spiro atoms. The molecule has 0 aliphatic heterocycles. The van der Waals surface area contributed by atoms with Crippen molar-refractivity contribution < 1.29 is 23.9 Å². The summed E-state index contributed by atoms with van der Waals surface area (Å²) in [6, 6.07) is 0. The van der Waals surface area contributed by atoms with Crippen LogP contribution in [0.4, 0.5) is 0 Å². The summed E-state index contributed by atoms with van der Waals surface area (Å²) in [5.41, 5.74) is -0.0819. The van der Waals surface area contributed by atoms with Gasteiger partial charge in [-0.15, -0.1) is 11.8 Å². The highest BCUT2D eigenvalue weighted by Gasteiger charge is 2.16. The van der Waals surface area contributed by atoms with Crippen LogP contribution in [0, 0.1) is 6.92 Å². The minimum atomic E-state index is -0.687. The van der Waals surface area contributed by atoms with Crippen molar-refractivity contribution >= 4 is 58.1 Å². The zero-order valence-electron chi connectivity index (χ0n) is 21.2. The smallest absolute Gasteiger partial charge is 0.345 e. The number of rotatable bonds is 8. The fourth-order valence-corrected chi connectivity index (χ4v) is 2.65. The average Bonchev–Trinajstić information content (AvgIpc) is 2.73. The predicted octanol–water partition coefficient (Wildman–Crippen LogP) is 3.36. The maximum absolute atomic E-state index is 11.5. The number of hydrogen-bond donors (Lipinski definition) is 1. The molecule has 0 aliphatic carbocycles. The van der Waals surface area contributed by atoms with Crippen molar-refractivity contribution in [2.75, 3.05) is 39.8 Å². The maximum atomic E-state index is 11.5. The van der Waals surface area contributed by atoms with Crippen LogP contribution in [0.25, 0.3) is 0 Å². The van der Waals surface area contributed by atoms with Gasteiger partial charge >= 0.3 is 11.9 Å². The van der Waals surface area contributed by atoms with Gasteiger partial charge in [-0.1, -0.05) is 11.8 Å². The van der Waals surface area contributed by atoms with Gasteiger partial charge < -0.3 is 19.4 Å². The number of H-pyrrole nitrogens is 1. The van der Waals surface area contributed by atoms with E-state index in [1.165, 1.54) is 11.8 Å². The van der Waals surface area contributed by atoms with E-state index in [4.69, 9.17) is 16.3 Å². The van der Waals surface area contributed by atoms with Gasteiger partial charge in [0, 0.05) is 14.1 Å². The van der Waals surface area contributed by atoms with Gasteiger partial charge in [0.1, 0.15) is 12.0 Å². The van der Waals surface area contributed by atoms with Crippen LogP contribution in [0.2, 0.25) is 0 Å². The van der Waals surface area contributed by atoms with Gasteiger partial charge in [-0.2, -0.15) is 0 Å². The van der Waals surface area contributed by atoms with Crippen LogP contribution in [0.3, 0.4) is 0 Å². The topological polar surface area (TPSA) is 131 Å². The van der Waals surface area contributed by atoms with Crippen molar-refractivity contribution in [2.24, 2.45) is 4.99 Å². The first kappa shape index (κ1) is 34.1. The molecule has 0 aliphatic rings. The second-order valence-electron chi connectivity index (χ2n) is 6.50. The van der Waals surface area contributed by atoms with Crippen LogP contribution < -0.4 is 5.56 Å². The van der Waals surface area contributed by atoms with E-state index in [-0.39, 0.29) is 25.2 Å². The fourth-order valence-electron chi connectivity index (χ4n) is 1.86.